The Balaban J connectivity index is 1.50. The molecule has 0 aliphatic carbocycles. The number of nitrogens with zero attached hydrogens (tertiary/aromatic N) is 3. The Hall–Kier alpha value is -1.36. The first kappa shape index (κ1) is 14.6. The molecule has 21 heavy (non-hydrogen) atoms. The first-order chi connectivity index (χ1) is 10.2. The van der Waals surface area contributed by atoms with Crippen molar-refractivity contribution >= 4 is 11.6 Å². The van der Waals surface area contributed by atoms with Gasteiger partial charge in [-0.05, 0) is 18.6 Å². The Kier molecular flexibility index (Phi) is 4.58. The van der Waals surface area contributed by atoms with Gasteiger partial charge in [0.05, 0.1) is 5.69 Å². The molecule has 1 aromatic carbocycles. The van der Waals surface area contributed by atoms with Crippen LogP contribution in [-0.2, 0) is 13.1 Å². The molecular weight excluding hydrogens is 286 g/mol. The van der Waals surface area contributed by atoms with Gasteiger partial charge in [0.1, 0.15) is 5.76 Å². The van der Waals surface area contributed by atoms with Gasteiger partial charge in [-0.2, -0.15) is 0 Å². The number of piperazine rings is 1. The fourth-order valence-electron chi connectivity index (χ4n) is 2.69. The van der Waals surface area contributed by atoms with Gasteiger partial charge in [-0.1, -0.05) is 35.0 Å². The zero-order valence-corrected chi connectivity index (χ0v) is 13.0. The second-order valence-electron chi connectivity index (χ2n) is 5.57. The summed E-state index contributed by atoms with van der Waals surface area (Å²) >= 11 is 6.23. The first-order valence-corrected chi connectivity index (χ1v) is 7.69. The summed E-state index contributed by atoms with van der Waals surface area (Å²) in [5.74, 6) is 0.877. The fraction of sp³-hybridized carbons (Fsp3) is 0.438. The van der Waals surface area contributed by atoms with E-state index in [1.54, 1.807) is 0 Å². The van der Waals surface area contributed by atoms with Crippen LogP contribution in [0.1, 0.15) is 17.0 Å². The molecule has 0 N–H and O–H groups in total. The van der Waals surface area contributed by atoms with Crippen LogP contribution in [0.5, 0.6) is 0 Å². The minimum absolute atomic E-state index is 0.859. The molecule has 112 valence electrons. The monoisotopic (exact) mass is 305 g/mol. The van der Waals surface area contributed by atoms with Crippen LogP contribution in [0.2, 0.25) is 5.02 Å². The molecule has 0 radical (unpaired) electrons. The van der Waals surface area contributed by atoms with E-state index in [2.05, 4.69) is 21.0 Å². The quantitative estimate of drug-likeness (QED) is 0.869. The number of hydrogen-bond acceptors (Lipinski definition) is 4. The summed E-state index contributed by atoms with van der Waals surface area (Å²) in [6.07, 6.45) is 0. The normalized spacial score (nSPS) is 17.2. The molecule has 0 bridgehead atoms. The highest BCUT2D eigenvalue weighted by Crippen LogP contribution is 2.18. The number of hydrogen-bond donors (Lipinski definition) is 0. The maximum Gasteiger partial charge on any atom is 0.133 e. The lowest BCUT2D eigenvalue weighted by atomic mass is 10.2. The van der Waals surface area contributed by atoms with E-state index in [1.807, 2.05) is 31.2 Å². The number of aryl methyl sites for hydroxylation is 1. The number of aromatic nitrogens is 1. The summed E-state index contributed by atoms with van der Waals surface area (Å²) in [6, 6.07) is 10.1. The van der Waals surface area contributed by atoms with Gasteiger partial charge < -0.3 is 4.52 Å². The first-order valence-electron chi connectivity index (χ1n) is 7.31. The lowest BCUT2D eigenvalue weighted by molar-refractivity contribution is 0.120. The van der Waals surface area contributed by atoms with Crippen LogP contribution >= 0.6 is 11.6 Å². The molecule has 1 aromatic heterocycles. The van der Waals surface area contributed by atoms with Crippen molar-refractivity contribution in [3.63, 3.8) is 0 Å². The third-order valence-corrected chi connectivity index (χ3v) is 4.25. The molecule has 1 fully saturated rings. The Bertz CT molecular complexity index is 591. The van der Waals surface area contributed by atoms with Crippen LogP contribution in [0.15, 0.2) is 34.9 Å². The molecule has 0 unspecified atom stereocenters. The Morgan fingerprint density at radius 1 is 1.10 bits per heavy atom. The van der Waals surface area contributed by atoms with Gasteiger partial charge in [-0.3, -0.25) is 9.80 Å². The fourth-order valence-corrected chi connectivity index (χ4v) is 2.89. The Morgan fingerprint density at radius 3 is 2.38 bits per heavy atom. The molecule has 1 aliphatic rings. The van der Waals surface area contributed by atoms with Crippen molar-refractivity contribution < 1.29 is 4.52 Å². The van der Waals surface area contributed by atoms with Crippen molar-refractivity contribution in [3.8, 4) is 0 Å². The maximum absolute atomic E-state index is 6.23. The van der Waals surface area contributed by atoms with Crippen molar-refractivity contribution in [2.75, 3.05) is 26.2 Å². The zero-order chi connectivity index (χ0) is 14.7. The number of halogens is 1. The predicted molar refractivity (Wildman–Crippen MR) is 83.2 cm³/mol. The minimum atomic E-state index is 0.859. The van der Waals surface area contributed by atoms with E-state index in [-0.39, 0.29) is 0 Å². The number of rotatable bonds is 4. The van der Waals surface area contributed by atoms with E-state index in [4.69, 9.17) is 16.1 Å². The molecule has 0 atom stereocenters. The Labute approximate surface area is 130 Å². The molecule has 0 saturated carbocycles. The summed E-state index contributed by atoms with van der Waals surface area (Å²) in [5.41, 5.74) is 2.23. The third kappa shape index (κ3) is 3.84. The highest BCUT2D eigenvalue weighted by atomic mass is 35.5. The average molecular weight is 306 g/mol. The summed E-state index contributed by atoms with van der Waals surface area (Å²) < 4.78 is 5.12. The van der Waals surface area contributed by atoms with Gasteiger partial charge in [0.15, 0.2) is 0 Å². The smallest absolute Gasteiger partial charge is 0.133 e. The number of benzene rings is 1. The standard InChI is InChI=1S/C16H20ClN3O/c1-13-10-15(18-21-13)12-20-8-6-19(7-9-20)11-14-4-2-3-5-16(14)17/h2-5,10H,6-9,11-12H2,1H3. The SMILES string of the molecule is Cc1cc(CN2CCN(Cc3ccccc3Cl)CC2)no1. The van der Waals surface area contributed by atoms with E-state index in [9.17, 15) is 0 Å². The highest BCUT2D eigenvalue weighted by molar-refractivity contribution is 6.31. The maximum atomic E-state index is 6.23. The van der Waals surface area contributed by atoms with Gasteiger partial charge in [0.2, 0.25) is 0 Å². The van der Waals surface area contributed by atoms with Crippen molar-refractivity contribution in [1.29, 1.82) is 0 Å². The molecule has 2 aromatic rings. The van der Waals surface area contributed by atoms with E-state index in [0.29, 0.717) is 0 Å². The van der Waals surface area contributed by atoms with Crippen LogP contribution in [0.25, 0.3) is 0 Å². The third-order valence-electron chi connectivity index (χ3n) is 3.88. The van der Waals surface area contributed by atoms with Crippen LogP contribution in [0, 0.1) is 6.92 Å². The molecule has 3 rings (SSSR count). The zero-order valence-electron chi connectivity index (χ0n) is 12.3. The van der Waals surface area contributed by atoms with E-state index in [0.717, 1.165) is 55.7 Å². The van der Waals surface area contributed by atoms with Crippen LogP contribution < -0.4 is 0 Å². The van der Waals surface area contributed by atoms with E-state index >= 15 is 0 Å². The van der Waals surface area contributed by atoms with E-state index in [1.165, 1.54) is 5.56 Å². The molecule has 2 heterocycles. The van der Waals surface area contributed by atoms with Gasteiger partial charge >= 0.3 is 0 Å². The average Bonchev–Trinajstić information content (AvgIpc) is 2.89. The summed E-state index contributed by atoms with van der Waals surface area (Å²) in [6.45, 7) is 7.95. The molecular formula is C16H20ClN3O. The van der Waals surface area contributed by atoms with Crippen LogP contribution in [0.3, 0.4) is 0 Å². The van der Waals surface area contributed by atoms with Crippen molar-refractivity contribution in [2.24, 2.45) is 0 Å². The molecule has 0 amide bonds. The molecule has 0 spiro atoms. The van der Waals surface area contributed by atoms with Crippen molar-refractivity contribution in [1.82, 2.24) is 15.0 Å². The minimum Gasteiger partial charge on any atom is -0.361 e. The van der Waals surface area contributed by atoms with Crippen LogP contribution in [0.4, 0.5) is 0 Å². The van der Waals surface area contributed by atoms with E-state index < -0.39 is 0 Å². The second kappa shape index (κ2) is 6.60. The van der Waals surface area contributed by atoms with Crippen molar-refractivity contribution in [2.45, 2.75) is 20.0 Å². The molecule has 4 nitrogen and oxygen atoms in total. The molecule has 5 heteroatoms. The lowest BCUT2D eigenvalue weighted by Gasteiger charge is -2.34. The summed E-state index contributed by atoms with van der Waals surface area (Å²) in [4.78, 5) is 4.87. The molecule has 1 saturated heterocycles. The van der Waals surface area contributed by atoms with Gasteiger partial charge in [-0.25, -0.2) is 0 Å². The van der Waals surface area contributed by atoms with Crippen molar-refractivity contribution in [3.05, 3.63) is 52.4 Å². The largest absolute Gasteiger partial charge is 0.361 e. The summed E-state index contributed by atoms with van der Waals surface area (Å²) in [5, 5.41) is 4.92. The predicted octanol–water partition coefficient (Wildman–Crippen LogP) is 2.95. The van der Waals surface area contributed by atoms with Gasteiger partial charge in [0.25, 0.3) is 0 Å². The van der Waals surface area contributed by atoms with Gasteiger partial charge in [0, 0.05) is 50.4 Å². The Morgan fingerprint density at radius 2 is 1.76 bits per heavy atom. The lowest BCUT2D eigenvalue weighted by Crippen LogP contribution is -2.45. The second-order valence-corrected chi connectivity index (χ2v) is 5.98. The summed E-state index contributed by atoms with van der Waals surface area (Å²) in [7, 11) is 0. The van der Waals surface area contributed by atoms with Crippen LogP contribution in [-0.4, -0.2) is 41.1 Å². The highest BCUT2D eigenvalue weighted by Gasteiger charge is 2.18. The topological polar surface area (TPSA) is 32.5 Å². The molecule has 1 aliphatic heterocycles. The van der Waals surface area contributed by atoms with Gasteiger partial charge in [-0.15, -0.1) is 0 Å².